The van der Waals surface area contributed by atoms with E-state index in [0.29, 0.717) is 17.7 Å². The van der Waals surface area contributed by atoms with Crippen molar-refractivity contribution in [2.45, 2.75) is 63.8 Å². The van der Waals surface area contributed by atoms with Crippen LogP contribution in [0.2, 0.25) is 13.1 Å². The molecule has 8 nitrogen and oxygen atoms in total. The molecule has 3 rings (SSSR count). The summed E-state index contributed by atoms with van der Waals surface area (Å²) in [5.41, 5.74) is -0.549. The van der Waals surface area contributed by atoms with E-state index in [1.165, 1.54) is 4.57 Å². The molecule has 4 atom stereocenters. The summed E-state index contributed by atoms with van der Waals surface area (Å²) in [6.45, 7) is 7.61. The number of aliphatic hydroxyl groups is 1. The van der Waals surface area contributed by atoms with Crippen LogP contribution in [-0.2, 0) is 14.8 Å². The van der Waals surface area contributed by atoms with Crippen molar-refractivity contribution in [3.63, 3.8) is 0 Å². The maximum Gasteiger partial charge on any atom is 0.358 e. The fourth-order valence-corrected chi connectivity index (χ4v) is 7.22. The van der Waals surface area contributed by atoms with E-state index in [-0.39, 0.29) is 17.8 Å². The van der Waals surface area contributed by atoms with Crippen molar-refractivity contribution in [2.75, 3.05) is 6.61 Å². The molecule has 2 N–H and O–H groups in total. The number of aromatic nitrogens is 2. The van der Waals surface area contributed by atoms with Crippen molar-refractivity contribution < 1.29 is 19.3 Å². The molecule has 0 spiro atoms. The number of rotatable bonds is 8. The number of nitrogens with one attached hydrogen (secondary N) is 1. The summed E-state index contributed by atoms with van der Waals surface area (Å²) < 4.78 is 19.8. The molecule has 1 fully saturated rings. The van der Waals surface area contributed by atoms with E-state index in [2.05, 4.69) is 25.0 Å². The van der Waals surface area contributed by atoms with Crippen LogP contribution in [0.1, 0.15) is 31.7 Å². The third-order valence-electron chi connectivity index (χ3n) is 6.18. The van der Waals surface area contributed by atoms with E-state index in [9.17, 15) is 14.7 Å². The second kappa shape index (κ2) is 10.8. The van der Waals surface area contributed by atoms with Crippen LogP contribution in [0.3, 0.4) is 0 Å². The van der Waals surface area contributed by atoms with Gasteiger partial charge >= 0.3 is 10.9 Å². The van der Waals surface area contributed by atoms with Gasteiger partial charge in [-0.3, -0.25) is 14.3 Å². The van der Waals surface area contributed by atoms with Crippen molar-refractivity contribution in [3.8, 4) is 5.75 Å². The van der Waals surface area contributed by atoms with E-state index in [4.69, 9.17) is 26.4 Å². The van der Waals surface area contributed by atoms with Gasteiger partial charge in [-0.1, -0.05) is 51.1 Å². The average Bonchev–Trinajstić information content (AvgIpc) is 3.09. The van der Waals surface area contributed by atoms with Gasteiger partial charge < -0.3 is 19.3 Å². The first-order chi connectivity index (χ1) is 15.7. The van der Waals surface area contributed by atoms with Gasteiger partial charge in [0.15, 0.2) is 0 Å². The Morgan fingerprint density at radius 3 is 2.61 bits per heavy atom. The second-order valence-electron chi connectivity index (χ2n) is 8.68. The second-order valence-corrected chi connectivity index (χ2v) is 12.2. The molecule has 0 bridgehead atoms. The third-order valence-corrected chi connectivity index (χ3v) is 8.86. The summed E-state index contributed by atoms with van der Waals surface area (Å²) in [6, 6.07) is 9.07. The predicted molar refractivity (Wildman–Crippen MR) is 132 cm³/mol. The molecule has 0 radical (unpaired) electrons. The van der Waals surface area contributed by atoms with Crippen molar-refractivity contribution in [1.29, 1.82) is 0 Å². The van der Waals surface area contributed by atoms with Gasteiger partial charge in [0.25, 0.3) is 5.56 Å². The van der Waals surface area contributed by atoms with Crippen LogP contribution in [-0.4, -0.2) is 47.5 Å². The van der Waals surface area contributed by atoms with E-state index >= 15 is 0 Å². The molecular weight excluding hydrogens is 460 g/mol. The van der Waals surface area contributed by atoms with Crippen LogP contribution in [0.5, 0.6) is 5.75 Å². The molecule has 2 aromatic rings. The molecule has 2 heterocycles. The Kier molecular flexibility index (Phi) is 8.27. The molecule has 10 heteroatoms. The van der Waals surface area contributed by atoms with Crippen LogP contribution < -0.4 is 16.0 Å². The highest BCUT2D eigenvalue weighted by molar-refractivity contribution is 7.79. The monoisotopic (exact) mass is 492 g/mol. The normalized spacial score (nSPS) is 24.7. The Bertz CT molecular complexity index is 1070. The van der Waals surface area contributed by atoms with Crippen molar-refractivity contribution in [1.82, 2.24) is 9.55 Å². The molecule has 0 aliphatic carbocycles. The molecule has 1 aromatic carbocycles. The van der Waals surface area contributed by atoms with Gasteiger partial charge in [0.2, 0.25) is 0 Å². The van der Waals surface area contributed by atoms with Gasteiger partial charge in [0.05, 0.1) is 15.4 Å². The average molecular weight is 493 g/mol. The number of para-hydroxylation sites is 1. The quantitative estimate of drug-likeness (QED) is 0.431. The smallest absolute Gasteiger partial charge is 0.358 e. The maximum atomic E-state index is 13.0. The molecule has 180 valence electrons. The lowest BCUT2D eigenvalue weighted by atomic mass is 9.93. The van der Waals surface area contributed by atoms with E-state index < -0.39 is 37.6 Å². The highest BCUT2D eigenvalue weighted by Crippen LogP contribution is 2.46. The molecule has 1 aliphatic rings. The molecule has 1 unspecified atom stereocenters. The molecule has 1 saturated heterocycles. The minimum atomic E-state index is -1.81. The van der Waals surface area contributed by atoms with Crippen LogP contribution >= 0.6 is 12.2 Å². The summed E-state index contributed by atoms with van der Waals surface area (Å²) in [4.78, 5) is 27.4. The van der Waals surface area contributed by atoms with E-state index in [0.717, 1.165) is 12.8 Å². The van der Waals surface area contributed by atoms with Gasteiger partial charge in [-0.25, -0.2) is 4.79 Å². The number of aryl methyl sites for hydroxylation is 1. The van der Waals surface area contributed by atoms with Crippen LogP contribution in [0, 0.1) is 12.8 Å². The van der Waals surface area contributed by atoms with Gasteiger partial charge in [0, 0.05) is 29.9 Å². The highest BCUT2D eigenvalue weighted by atomic mass is 32.1. The first kappa shape index (κ1) is 25.4. The van der Waals surface area contributed by atoms with Crippen molar-refractivity contribution >= 4 is 26.3 Å². The van der Waals surface area contributed by atoms with Crippen molar-refractivity contribution in [3.05, 3.63) is 62.9 Å². The molecule has 1 aromatic heterocycles. The third kappa shape index (κ3) is 5.13. The largest absolute Gasteiger partial charge is 0.450 e. The Hall–Kier alpha value is -2.27. The number of ether oxygens (including phenoxy) is 3. The predicted octanol–water partition coefficient (Wildman–Crippen LogP) is 2.47. The van der Waals surface area contributed by atoms with Crippen LogP contribution in [0.4, 0.5) is 0 Å². The number of hydrogen-bond donors (Lipinski definition) is 2. The Morgan fingerprint density at radius 1 is 1.30 bits per heavy atom. The first-order valence-electron chi connectivity index (χ1n) is 11.3. The molecule has 1 aliphatic heterocycles. The number of hydrogen-bond acceptors (Lipinski definition) is 7. The molecule has 33 heavy (non-hydrogen) atoms. The first-order valence-corrected chi connectivity index (χ1v) is 14.6. The minimum Gasteiger partial charge on any atom is -0.450 e. The summed E-state index contributed by atoms with van der Waals surface area (Å²) in [7, 11) is -1.81. The number of H-pyrrole nitrogens is 1. The zero-order chi connectivity index (χ0) is 24.2. The van der Waals surface area contributed by atoms with Crippen molar-refractivity contribution in [2.24, 2.45) is 5.92 Å². The zero-order valence-corrected chi connectivity index (χ0v) is 21.4. The highest BCUT2D eigenvalue weighted by Gasteiger charge is 2.59. The number of nitrogens with zero attached hydrogens (tertiary/aromatic N) is 1. The summed E-state index contributed by atoms with van der Waals surface area (Å²) in [5, 5.41) is 9.11. The van der Waals surface area contributed by atoms with Crippen LogP contribution in [0.15, 0.2) is 46.1 Å². The molecule has 0 saturated carbocycles. The van der Waals surface area contributed by atoms with Gasteiger partial charge in [-0.05, 0) is 25.5 Å². The number of unbranched alkanes of at least 4 members (excludes halogenated alkanes) is 1. The van der Waals surface area contributed by atoms with E-state index in [1.807, 2.05) is 18.2 Å². The number of thiocarbonyl (C=S) groups is 1. The zero-order valence-electron chi connectivity index (χ0n) is 19.4. The summed E-state index contributed by atoms with van der Waals surface area (Å²) >= 11 is 5.37. The summed E-state index contributed by atoms with van der Waals surface area (Å²) in [5.74, 6) is 0.269. The molecular formula is C23H32N2O6SSi. The Morgan fingerprint density at radius 2 is 2.00 bits per heavy atom. The standard InChI is InChI=1S/C23H32N2O6SSi/c1-5-6-12-17-19(30-22(32)29-16-10-8-7-9-11-16)18(14-26)31-23(17,33(3)4)25-13-15(2)20(27)24-21(25)28/h7-11,13,17-19,26,33H,5-6,12,14H2,1-4H3,(H,24,27,28)/t17?,18-,19+,23+/m1/s1. The Balaban J connectivity index is 2.04. The SMILES string of the molecule is CCCCC1[C@H](OC(=S)Oc2ccccc2)[C@@H](CO)O[C@]1(n1cc(C)c(=O)[nH]c1=O)[SiH](C)C. The fraction of sp³-hybridized carbons (Fsp3) is 0.522. The number of aliphatic hydroxyl groups excluding tert-OH is 1. The maximum absolute atomic E-state index is 13.0. The Labute approximate surface area is 200 Å². The van der Waals surface area contributed by atoms with Gasteiger partial charge in [-0.2, -0.15) is 0 Å². The fourth-order valence-electron chi connectivity index (χ4n) is 4.61. The van der Waals surface area contributed by atoms with E-state index in [1.54, 1.807) is 25.3 Å². The lowest BCUT2D eigenvalue weighted by molar-refractivity contribution is -0.0807. The van der Waals surface area contributed by atoms with Gasteiger partial charge in [-0.15, -0.1) is 0 Å². The topological polar surface area (TPSA) is 103 Å². The molecule has 0 amide bonds. The minimum absolute atomic E-state index is 0.0685. The van der Waals surface area contributed by atoms with Crippen LogP contribution in [0.25, 0.3) is 0 Å². The lowest BCUT2D eigenvalue weighted by Gasteiger charge is -2.40. The van der Waals surface area contributed by atoms with Gasteiger partial charge in [0.1, 0.15) is 23.3 Å². The number of aromatic amines is 1. The lowest BCUT2D eigenvalue weighted by Crippen LogP contribution is -2.56. The number of benzene rings is 1. The summed E-state index contributed by atoms with van der Waals surface area (Å²) in [6.07, 6.45) is 2.74.